The van der Waals surface area contributed by atoms with Crippen LogP contribution >= 0.6 is 11.6 Å². The van der Waals surface area contributed by atoms with Gasteiger partial charge in [-0.25, -0.2) is 0 Å². The third kappa shape index (κ3) is 2.47. The number of aryl methyl sites for hydroxylation is 1. The quantitative estimate of drug-likeness (QED) is 0.702. The summed E-state index contributed by atoms with van der Waals surface area (Å²) in [5, 5.41) is 8.59. The van der Waals surface area contributed by atoms with E-state index in [-0.39, 0.29) is 11.4 Å². The van der Waals surface area contributed by atoms with Crippen LogP contribution in [0.4, 0.5) is 5.69 Å². The number of nitrogens with zero attached hydrogens (tertiary/aromatic N) is 4. The molecule has 0 bridgehead atoms. The summed E-state index contributed by atoms with van der Waals surface area (Å²) >= 11 is 6.21. The number of likely N-dealkylation sites (tertiary alicyclic amines) is 1. The number of aromatic nitrogens is 3. The van der Waals surface area contributed by atoms with Crippen molar-refractivity contribution in [2.45, 2.75) is 18.4 Å². The van der Waals surface area contributed by atoms with Gasteiger partial charge in [0.1, 0.15) is 5.69 Å². The van der Waals surface area contributed by atoms with E-state index in [0.29, 0.717) is 18.8 Å². The van der Waals surface area contributed by atoms with Crippen molar-refractivity contribution in [1.29, 1.82) is 0 Å². The normalized spacial score (nSPS) is 17.3. The average molecular weight is 382 g/mol. The van der Waals surface area contributed by atoms with E-state index >= 15 is 0 Å². The molecular weight excluding hydrogens is 362 g/mol. The van der Waals surface area contributed by atoms with Crippen LogP contribution in [0, 0.1) is 0 Å². The Morgan fingerprint density at radius 3 is 2.78 bits per heavy atom. The molecule has 2 aromatic heterocycles. The highest BCUT2D eigenvalue weighted by molar-refractivity contribution is 6.30. The van der Waals surface area contributed by atoms with Crippen LogP contribution < -0.4 is 5.32 Å². The van der Waals surface area contributed by atoms with Gasteiger partial charge in [0.25, 0.3) is 5.91 Å². The Kier molecular flexibility index (Phi) is 3.59. The van der Waals surface area contributed by atoms with E-state index < -0.39 is 0 Å². The molecule has 5 rings (SSSR count). The molecule has 2 aliphatic rings. The van der Waals surface area contributed by atoms with E-state index in [9.17, 15) is 4.79 Å². The number of anilines is 1. The molecule has 1 fully saturated rings. The van der Waals surface area contributed by atoms with Crippen LogP contribution in [0.15, 0.2) is 48.8 Å². The molecule has 3 aromatic rings. The number of hydrogen-bond acceptors (Lipinski definition) is 3. The number of piperidine rings is 1. The summed E-state index contributed by atoms with van der Waals surface area (Å²) < 4.78 is 3.85. The number of fused-ring (bicyclic) bond motifs is 4. The summed E-state index contributed by atoms with van der Waals surface area (Å²) in [6.07, 6.45) is 5.45. The first kappa shape index (κ1) is 16.4. The maximum Gasteiger partial charge on any atom is 0.272 e. The van der Waals surface area contributed by atoms with Crippen LogP contribution in [0.25, 0.3) is 5.69 Å². The highest BCUT2D eigenvalue weighted by Gasteiger charge is 2.42. The first-order valence-corrected chi connectivity index (χ1v) is 9.48. The van der Waals surface area contributed by atoms with Gasteiger partial charge >= 0.3 is 0 Å². The molecule has 4 heterocycles. The Balaban J connectivity index is 1.44. The highest BCUT2D eigenvalue weighted by Crippen LogP contribution is 2.44. The SMILES string of the molecule is Cn1nccc1C(=O)N1CCC2(CC1)Nc1ccc(Cl)cc1-n1cccc12. The summed E-state index contributed by atoms with van der Waals surface area (Å²) in [7, 11) is 1.80. The zero-order valence-corrected chi connectivity index (χ0v) is 15.8. The second kappa shape index (κ2) is 5.89. The number of benzene rings is 1. The van der Waals surface area contributed by atoms with Gasteiger partial charge in [0.2, 0.25) is 0 Å². The maximum absolute atomic E-state index is 12.8. The fourth-order valence-corrected chi connectivity index (χ4v) is 4.50. The average Bonchev–Trinajstić information content (AvgIpc) is 3.32. The number of rotatable bonds is 1. The fraction of sp³-hybridized carbons (Fsp3) is 0.300. The van der Waals surface area contributed by atoms with Crippen molar-refractivity contribution in [2.75, 3.05) is 18.4 Å². The Labute approximate surface area is 162 Å². The van der Waals surface area contributed by atoms with Crippen LogP contribution in [0.2, 0.25) is 5.02 Å². The van der Waals surface area contributed by atoms with Gasteiger partial charge in [-0.15, -0.1) is 0 Å². The molecule has 2 aliphatic heterocycles. The molecule has 0 saturated carbocycles. The molecule has 138 valence electrons. The molecule has 7 heteroatoms. The molecule has 0 atom stereocenters. The van der Waals surface area contributed by atoms with Crippen molar-refractivity contribution in [3.8, 4) is 5.69 Å². The predicted molar refractivity (Wildman–Crippen MR) is 104 cm³/mol. The molecule has 1 spiro atoms. The van der Waals surface area contributed by atoms with E-state index in [4.69, 9.17) is 11.6 Å². The van der Waals surface area contributed by atoms with Gasteiger partial charge in [0.15, 0.2) is 0 Å². The number of carbonyl (C=O) groups excluding carboxylic acids is 1. The van der Waals surface area contributed by atoms with Gasteiger partial charge in [0.05, 0.1) is 16.9 Å². The third-order valence-corrected chi connectivity index (χ3v) is 6.01. The Morgan fingerprint density at radius 2 is 2.04 bits per heavy atom. The van der Waals surface area contributed by atoms with Gasteiger partial charge in [-0.3, -0.25) is 9.48 Å². The molecule has 0 unspecified atom stereocenters. The fourth-order valence-electron chi connectivity index (χ4n) is 4.33. The molecule has 1 amide bonds. The van der Waals surface area contributed by atoms with E-state index in [0.717, 1.165) is 29.2 Å². The molecule has 27 heavy (non-hydrogen) atoms. The molecule has 1 N–H and O–H groups in total. The van der Waals surface area contributed by atoms with Crippen molar-refractivity contribution < 1.29 is 4.79 Å². The maximum atomic E-state index is 12.8. The van der Waals surface area contributed by atoms with Gasteiger partial charge in [-0.05, 0) is 49.2 Å². The molecule has 6 nitrogen and oxygen atoms in total. The zero-order chi connectivity index (χ0) is 18.6. The number of nitrogens with one attached hydrogen (secondary N) is 1. The Bertz CT molecular complexity index is 1030. The largest absolute Gasteiger partial charge is 0.372 e. The second-order valence-corrected chi connectivity index (χ2v) is 7.70. The monoisotopic (exact) mass is 381 g/mol. The van der Waals surface area contributed by atoms with E-state index in [2.05, 4.69) is 33.3 Å². The van der Waals surface area contributed by atoms with Gasteiger partial charge in [-0.2, -0.15) is 5.10 Å². The van der Waals surface area contributed by atoms with Crippen LogP contribution in [0.1, 0.15) is 29.0 Å². The van der Waals surface area contributed by atoms with Crippen LogP contribution in [-0.2, 0) is 12.6 Å². The molecular formula is C20H20ClN5O. The summed E-state index contributed by atoms with van der Waals surface area (Å²) in [6.45, 7) is 1.40. The van der Waals surface area contributed by atoms with Crippen molar-refractivity contribution >= 4 is 23.2 Å². The van der Waals surface area contributed by atoms with Crippen LogP contribution in [0.5, 0.6) is 0 Å². The lowest BCUT2D eigenvalue weighted by Crippen LogP contribution is -2.51. The third-order valence-electron chi connectivity index (χ3n) is 5.78. The molecule has 0 aliphatic carbocycles. The lowest BCUT2D eigenvalue weighted by molar-refractivity contribution is 0.0665. The van der Waals surface area contributed by atoms with Gasteiger partial charge in [0, 0.05) is 43.2 Å². The smallest absolute Gasteiger partial charge is 0.272 e. The minimum Gasteiger partial charge on any atom is -0.372 e. The number of halogens is 1. The summed E-state index contributed by atoms with van der Waals surface area (Å²) in [4.78, 5) is 14.7. The van der Waals surface area contributed by atoms with Crippen molar-refractivity contribution in [1.82, 2.24) is 19.2 Å². The van der Waals surface area contributed by atoms with E-state index in [1.54, 1.807) is 24.0 Å². The van der Waals surface area contributed by atoms with Gasteiger partial charge in [-0.1, -0.05) is 11.6 Å². The van der Waals surface area contributed by atoms with Crippen molar-refractivity contribution in [3.63, 3.8) is 0 Å². The van der Waals surface area contributed by atoms with E-state index in [1.807, 2.05) is 23.1 Å². The molecule has 0 radical (unpaired) electrons. The molecule has 1 saturated heterocycles. The standard InChI is InChI=1S/C20H20ClN5O/c1-24-16(6-9-22-24)19(27)25-11-7-20(8-12-25)18-3-2-10-26(18)17-13-14(21)4-5-15(17)23-20/h2-6,9-10,13,23H,7-8,11-12H2,1H3. The summed E-state index contributed by atoms with van der Waals surface area (Å²) in [6, 6.07) is 11.9. The minimum atomic E-state index is -0.173. The van der Waals surface area contributed by atoms with Crippen LogP contribution in [-0.4, -0.2) is 38.2 Å². The first-order chi connectivity index (χ1) is 13.1. The lowest BCUT2D eigenvalue weighted by Gasteiger charge is -2.46. The van der Waals surface area contributed by atoms with Crippen molar-refractivity contribution in [2.24, 2.45) is 7.05 Å². The van der Waals surface area contributed by atoms with E-state index in [1.165, 1.54) is 5.69 Å². The lowest BCUT2D eigenvalue weighted by atomic mass is 9.82. The van der Waals surface area contributed by atoms with Crippen molar-refractivity contribution in [3.05, 3.63) is 65.2 Å². The number of amides is 1. The minimum absolute atomic E-state index is 0.0447. The van der Waals surface area contributed by atoms with Gasteiger partial charge < -0.3 is 14.8 Å². The predicted octanol–water partition coefficient (Wildman–Crippen LogP) is 3.42. The first-order valence-electron chi connectivity index (χ1n) is 9.11. The molecule has 1 aromatic carbocycles. The topological polar surface area (TPSA) is 55.1 Å². The Morgan fingerprint density at radius 1 is 1.22 bits per heavy atom. The van der Waals surface area contributed by atoms with Crippen LogP contribution in [0.3, 0.4) is 0 Å². The summed E-state index contributed by atoms with van der Waals surface area (Å²) in [5.74, 6) is 0.0447. The summed E-state index contributed by atoms with van der Waals surface area (Å²) in [5.41, 5.74) is 3.83. The number of carbonyl (C=O) groups is 1. The highest BCUT2D eigenvalue weighted by atomic mass is 35.5. The zero-order valence-electron chi connectivity index (χ0n) is 15.0. The Hall–Kier alpha value is -2.73. The number of hydrogen-bond donors (Lipinski definition) is 1. The second-order valence-electron chi connectivity index (χ2n) is 7.26.